The fourth-order valence-electron chi connectivity index (χ4n) is 4.59. The van der Waals surface area contributed by atoms with Crippen LogP contribution >= 0.6 is 0 Å². The molecule has 0 unspecified atom stereocenters. The Hall–Kier alpha value is -2.33. The lowest BCUT2D eigenvalue weighted by Crippen LogP contribution is -2.40. The number of hydrogen-bond donors (Lipinski definition) is 2. The maximum Gasteiger partial charge on any atom is 0.132 e. The van der Waals surface area contributed by atoms with Gasteiger partial charge in [0.1, 0.15) is 22.9 Å². The second kappa shape index (κ2) is 8.19. The predicted molar refractivity (Wildman–Crippen MR) is 115 cm³/mol. The summed E-state index contributed by atoms with van der Waals surface area (Å²) in [4.78, 5) is 0. The van der Waals surface area contributed by atoms with Gasteiger partial charge in [-0.3, -0.25) is 0 Å². The van der Waals surface area contributed by atoms with Crippen molar-refractivity contribution in [3.63, 3.8) is 0 Å². The zero-order valence-corrected chi connectivity index (χ0v) is 17.4. The van der Waals surface area contributed by atoms with E-state index < -0.39 is 0 Å². The number of phenols is 1. The summed E-state index contributed by atoms with van der Waals surface area (Å²) in [7, 11) is 0. The fraction of sp³-hybridized carbons (Fsp3) is 0.440. The Kier molecular flexibility index (Phi) is 5.64. The molecule has 0 saturated carbocycles. The third-order valence-corrected chi connectivity index (χ3v) is 6.10. The van der Waals surface area contributed by atoms with Gasteiger partial charge in [0, 0.05) is 6.54 Å². The molecule has 3 nitrogen and oxygen atoms in total. The predicted octanol–water partition coefficient (Wildman–Crippen LogP) is 5.40. The van der Waals surface area contributed by atoms with Crippen molar-refractivity contribution >= 4 is 5.57 Å². The van der Waals surface area contributed by atoms with Crippen molar-refractivity contribution in [3.05, 3.63) is 64.5 Å². The number of fused-ring (bicyclic) bond motifs is 2. The van der Waals surface area contributed by atoms with Gasteiger partial charge in [-0.2, -0.15) is 0 Å². The molecule has 154 valence electrons. The first-order chi connectivity index (χ1) is 13.9. The van der Waals surface area contributed by atoms with Crippen molar-refractivity contribution in [2.45, 2.75) is 58.0 Å². The smallest absolute Gasteiger partial charge is 0.132 e. The minimum Gasteiger partial charge on any atom is -0.507 e. The van der Waals surface area contributed by atoms with Crippen molar-refractivity contribution in [3.8, 4) is 11.5 Å². The van der Waals surface area contributed by atoms with E-state index in [0.717, 1.165) is 68.5 Å². The minimum absolute atomic E-state index is 0.182. The lowest BCUT2D eigenvalue weighted by Gasteiger charge is -2.40. The standard InChI is InChI=1S/C25H30FNO2/c1-25(2)21-12-13-27-16-20(21)24-22(28)14-18(15-23(24)29-25)7-5-3-4-6-17-8-10-19(26)11-9-17/h8-11,14-15,27-28H,3-7,12-13,16H2,1-2H3. The normalized spacial score (nSPS) is 17.5. The molecule has 0 saturated heterocycles. The number of phenolic OH excluding ortho intramolecular Hbond substituents is 1. The van der Waals surface area contributed by atoms with Gasteiger partial charge in [-0.1, -0.05) is 18.6 Å². The van der Waals surface area contributed by atoms with Crippen LogP contribution in [-0.2, 0) is 12.8 Å². The van der Waals surface area contributed by atoms with Crippen LogP contribution in [0.5, 0.6) is 11.5 Å². The highest BCUT2D eigenvalue weighted by Crippen LogP contribution is 2.47. The third kappa shape index (κ3) is 4.32. The molecule has 0 aliphatic carbocycles. The van der Waals surface area contributed by atoms with E-state index in [-0.39, 0.29) is 11.4 Å². The van der Waals surface area contributed by atoms with Crippen molar-refractivity contribution in [2.75, 3.05) is 13.1 Å². The molecule has 0 spiro atoms. The average molecular weight is 396 g/mol. The Morgan fingerprint density at radius 2 is 1.76 bits per heavy atom. The van der Waals surface area contributed by atoms with E-state index in [0.29, 0.717) is 5.75 Å². The lowest BCUT2D eigenvalue weighted by atomic mass is 9.81. The van der Waals surface area contributed by atoms with Crippen LogP contribution < -0.4 is 10.1 Å². The molecule has 0 amide bonds. The molecule has 0 bridgehead atoms. The zero-order chi connectivity index (χ0) is 20.4. The largest absolute Gasteiger partial charge is 0.507 e. The van der Waals surface area contributed by atoms with E-state index in [2.05, 4.69) is 25.2 Å². The summed E-state index contributed by atoms with van der Waals surface area (Å²) in [6.07, 6.45) is 6.07. The highest BCUT2D eigenvalue weighted by atomic mass is 19.1. The van der Waals surface area contributed by atoms with Gasteiger partial charge >= 0.3 is 0 Å². The second-order valence-corrected chi connectivity index (χ2v) is 8.67. The highest BCUT2D eigenvalue weighted by molar-refractivity contribution is 5.82. The summed E-state index contributed by atoms with van der Waals surface area (Å²) in [5.41, 5.74) is 5.33. The zero-order valence-electron chi connectivity index (χ0n) is 17.4. The van der Waals surface area contributed by atoms with Crippen LogP contribution in [0.25, 0.3) is 5.57 Å². The molecular weight excluding hydrogens is 365 g/mol. The van der Waals surface area contributed by atoms with Gasteiger partial charge in [-0.25, -0.2) is 4.39 Å². The molecule has 2 aliphatic heterocycles. The van der Waals surface area contributed by atoms with Gasteiger partial charge in [0.2, 0.25) is 0 Å². The van der Waals surface area contributed by atoms with Crippen molar-refractivity contribution in [2.24, 2.45) is 0 Å². The van der Waals surface area contributed by atoms with Gasteiger partial charge in [0.05, 0.1) is 5.56 Å². The van der Waals surface area contributed by atoms with Crippen molar-refractivity contribution in [1.82, 2.24) is 5.32 Å². The lowest BCUT2D eigenvalue weighted by molar-refractivity contribution is 0.137. The van der Waals surface area contributed by atoms with Crippen LogP contribution in [0.2, 0.25) is 0 Å². The average Bonchev–Trinajstić information content (AvgIpc) is 2.68. The summed E-state index contributed by atoms with van der Waals surface area (Å²) in [5.74, 6) is 0.951. The second-order valence-electron chi connectivity index (χ2n) is 8.67. The Labute approximate surface area is 172 Å². The van der Waals surface area contributed by atoms with E-state index in [4.69, 9.17) is 4.74 Å². The van der Waals surface area contributed by atoms with Crippen molar-refractivity contribution < 1.29 is 14.2 Å². The summed E-state index contributed by atoms with van der Waals surface area (Å²) in [6.45, 7) is 5.98. The summed E-state index contributed by atoms with van der Waals surface area (Å²) in [5, 5.41) is 14.2. The van der Waals surface area contributed by atoms with E-state index in [1.54, 1.807) is 0 Å². The number of nitrogens with one attached hydrogen (secondary N) is 1. The molecule has 0 fully saturated rings. The Morgan fingerprint density at radius 3 is 2.52 bits per heavy atom. The number of aryl methyl sites for hydroxylation is 2. The number of rotatable bonds is 6. The number of hydrogen-bond acceptors (Lipinski definition) is 3. The molecular formula is C25H30FNO2. The van der Waals surface area contributed by atoms with E-state index in [1.807, 2.05) is 18.2 Å². The molecule has 2 N–H and O–H groups in total. The highest BCUT2D eigenvalue weighted by Gasteiger charge is 2.37. The van der Waals surface area contributed by atoms with E-state index in [9.17, 15) is 9.50 Å². The molecule has 0 radical (unpaired) electrons. The SMILES string of the molecule is CC1(C)Oc2cc(CCCCCc3ccc(F)cc3)cc(O)c2C2=C1CCNC2. The number of aromatic hydroxyl groups is 1. The topological polar surface area (TPSA) is 41.5 Å². The third-order valence-electron chi connectivity index (χ3n) is 6.10. The summed E-state index contributed by atoms with van der Waals surface area (Å²) in [6, 6.07) is 10.8. The number of ether oxygens (including phenoxy) is 1. The maximum atomic E-state index is 13.0. The molecule has 2 aliphatic rings. The Balaban J connectivity index is 1.40. The first-order valence-corrected chi connectivity index (χ1v) is 10.7. The molecule has 4 heteroatoms. The maximum absolute atomic E-state index is 13.0. The summed E-state index contributed by atoms with van der Waals surface area (Å²) >= 11 is 0. The number of benzene rings is 2. The number of halogens is 1. The first-order valence-electron chi connectivity index (χ1n) is 10.7. The van der Waals surface area contributed by atoms with Crippen LogP contribution in [0.4, 0.5) is 4.39 Å². The fourth-order valence-corrected chi connectivity index (χ4v) is 4.59. The molecule has 2 aromatic carbocycles. The molecule has 0 atom stereocenters. The number of unbranched alkanes of at least 4 members (excludes halogenated alkanes) is 2. The van der Waals surface area contributed by atoms with Gasteiger partial charge in [-0.15, -0.1) is 0 Å². The van der Waals surface area contributed by atoms with Crippen LogP contribution in [-0.4, -0.2) is 23.8 Å². The molecule has 2 heterocycles. The van der Waals surface area contributed by atoms with Gasteiger partial charge in [0.15, 0.2) is 0 Å². The van der Waals surface area contributed by atoms with Crippen LogP contribution in [0, 0.1) is 5.82 Å². The quantitative estimate of drug-likeness (QED) is 0.643. The van der Waals surface area contributed by atoms with Crippen LogP contribution in [0.3, 0.4) is 0 Å². The Morgan fingerprint density at radius 1 is 1.03 bits per heavy atom. The van der Waals surface area contributed by atoms with Crippen LogP contribution in [0.1, 0.15) is 56.2 Å². The van der Waals surface area contributed by atoms with E-state index >= 15 is 0 Å². The van der Waals surface area contributed by atoms with Gasteiger partial charge in [0.25, 0.3) is 0 Å². The monoisotopic (exact) mass is 395 g/mol. The molecule has 0 aromatic heterocycles. The Bertz CT molecular complexity index is 915. The molecule has 29 heavy (non-hydrogen) atoms. The molecule has 2 aromatic rings. The summed E-state index contributed by atoms with van der Waals surface area (Å²) < 4.78 is 19.3. The van der Waals surface area contributed by atoms with Crippen molar-refractivity contribution in [1.29, 1.82) is 0 Å². The van der Waals surface area contributed by atoms with E-state index in [1.165, 1.54) is 28.8 Å². The molecule has 4 rings (SSSR count). The van der Waals surface area contributed by atoms with Gasteiger partial charge < -0.3 is 15.2 Å². The van der Waals surface area contributed by atoms with Crippen LogP contribution in [0.15, 0.2) is 42.0 Å². The first kappa shape index (κ1) is 20.0. The van der Waals surface area contributed by atoms with Gasteiger partial charge in [-0.05, 0) is 99.0 Å². The minimum atomic E-state index is -0.329.